The van der Waals surface area contributed by atoms with Crippen LogP contribution in [-0.4, -0.2) is 32.5 Å². The van der Waals surface area contributed by atoms with Gasteiger partial charge in [-0.05, 0) is 36.0 Å². The largest absolute Gasteiger partial charge is 0.476 e. The normalized spacial score (nSPS) is 18.1. The molecule has 26 heavy (non-hydrogen) atoms. The lowest BCUT2D eigenvalue weighted by molar-refractivity contribution is -0.146. The second kappa shape index (κ2) is 7.67. The van der Waals surface area contributed by atoms with Crippen LogP contribution in [0, 0.1) is 11.2 Å². The first-order chi connectivity index (χ1) is 12.0. The fourth-order valence-corrected chi connectivity index (χ4v) is 3.13. The molecule has 0 radical (unpaired) electrons. The molecular formula is C17H17ClFNO5S. The number of halogens is 2. The summed E-state index contributed by atoms with van der Waals surface area (Å²) in [5.41, 5.74) is -2.15. The molecular weight excluding hydrogens is 385 g/mol. The minimum atomic E-state index is -1.46. The van der Waals surface area contributed by atoms with Crippen molar-refractivity contribution < 1.29 is 28.6 Å². The number of carboxylic acids is 1. The van der Waals surface area contributed by atoms with E-state index in [2.05, 4.69) is 0 Å². The molecule has 0 spiro atoms. The number of thioether (sulfide) groups is 1. The van der Waals surface area contributed by atoms with Crippen LogP contribution in [0.2, 0.25) is 0 Å². The molecule has 1 heterocycles. The average Bonchev–Trinajstić information content (AvgIpc) is 2.52. The number of carbonyl (C=O) groups is 3. The van der Waals surface area contributed by atoms with E-state index in [-0.39, 0.29) is 22.4 Å². The van der Waals surface area contributed by atoms with Gasteiger partial charge < -0.3 is 9.84 Å². The third-order valence-electron chi connectivity index (χ3n) is 3.35. The Kier molecular flexibility index (Phi) is 5.98. The monoisotopic (exact) mass is 401 g/mol. The van der Waals surface area contributed by atoms with Crippen molar-refractivity contribution in [1.82, 2.24) is 4.90 Å². The summed E-state index contributed by atoms with van der Waals surface area (Å²) in [6.45, 7) is 4.99. The molecule has 0 bridgehead atoms. The van der Waals surface area contributed by atoms with E-state index in [0.717, 1.165) is 17.0 Å². The van der Waals surface area contributed by atoms with Gasteiger partial charge in [0.2, 0.25) is 11.0 Å². The van der Waals surface area contributed by atoms with Crippen LogP contribution in [0.3, 0.4) is 0 Å². The Morgan fingerprint density at radius 3 is 2.31 bits per heavy atom. The van der Waals surface area contributed by atoms with Crippen LogP contribution in [-0.2, 0) is 14.4 Å². The van der Waals surface area contributed by atoms with Crippen molar-refractivity contribution >= 4 is 40.4 Å². The van der Waals surface area contributed by atoms with Crippen LogP contribution in [0.1, 0.15) is 27.2 Å². The molecule has 6 nitrogen and oxygen atoms in total. The summed E-state index contributed by atoms with van der Waals surface area (Å²) in [6, 6.07) is 4.83. The van der Waals surface area contributed by atoms with E-state index >= 15 is 0 Å². The summed E-state index contributed by atoms with van der Waals surface area (Å²) in [7, 11) is 0. The minimum absolute atomic E-state index is 0.0138. The number of carboxylic acid groups (broad SMARTS) is 1. The van der Waals surface area contributed by atoms with Gasteiger partial charge in [0.15, 0.2) is 10.8 Å². The Hall–Kier alpha value is -2.06. The van der Waals surface area contributed by atoms with Gasteiger partial charge in [0.1, 0.15) is 17.1 Å². The molecule has 1 fully saturated rings. The van der Waals surface area contributed by atoms with Crippen molar-refractivity contribution in [3.8, 4) is 5.75 Å². The van der Waals surface area contributed by atoms with Crippen molar-refractivity contribution in [2.24, 2.45) is 5.41 Å². The second-order valence-corrected chi connectivity index (χ2v) is 7.99. The topological polar surface area (TPSA) is 83.9 Å². The summed E-state index contributed by atoms with van der Waals surface area (Å²) >= 11 is 6.51. The lowest BCUT2D eigenvalue weighted by Gasteiger charge is -2.36. The number of likely N-dealkylation sites (tertiary alicyclic amines) is 1. The number of alkyl halides is 1. The lowest BCUT2D eigenvalue weighted by atomic mass is 10.00. The molecule has 1 aliphatic rings. The molecule has 1 N–H and O–H groups in total. The van der Waals surface area contributed by atoms with Gasteiger partial charge in [-0.2, -0.15) is 0 Å². The van der Waals surface area contributed by atoms with Crippen molar-refractivity contribution in [3.63, 3.8) is 0 Å². The highest BCUT2D eigenvalue weighted by atomic mass is 35.5. The van der Waals surface area contributed by atoms with Crippen LogP contribution in [0.4, 0.5) is 4.39 Å². The minimum Gasteiger partial charge on any atom is -0.476 e. The van der Waals surface area contributed by atoms with Crippen molar-refractivity contribution in [1.29, 1.82) is 0 Å². The van der Waals surface area contributed by atoms with Crippen molar-refractivity contribution in [2.45, 2.75) is 32.7 Å². The molecule has 9 heteroatoms. The van der Waals surface area contributed by atoms with Gasteiger partial charge in [-0.25, -0.2) is 9.18 Å². The van der Waals surface area contributed by atoms with Crippen LogP contribution in [0.25, 0.3) is 0 Å². The first-order valence-corrected chi connectivity index (χ1v) is 8.85. The summed E-state index contributed by atoms with van der Waals surface area (Å²) in [5.74, 6) is -2.34. The number of β-lactam (4-membered cyclic amide) rings is 1. The summed E-state index contributed by atoms with van der Waals surface area (Å²) in [5, 5.41) is 8.91. The zero-order valence-corrected chi connectivity index (χ0v) is 15.9. The summed E-state index contributed by atoms with van der Waals surface area (Å²) < 4.78 is 18.6. The highest BCUT2D eigenvalue weighted by Gasteiger charge is 2.43. The smallest absolute Gasteiger partial charge is 0.357 e. The van der Waals surface area contributed by atoms with E-state index in [4.69, 9.17) is 16.3 Å². The summed E-state index contributed by atoms with van der Waals surface area (Å²) in [6.07, 6.45) is -0.0138. The standard InChI is InChI=1S/C17H17ClFNO5S/c1-17(2,3)16(24)26-15(25-10-6-4-9(19)5-7-10)13(14(22)23)20-11(18)8-12(20)21/h4-7,11H,8H2,1-3H3,(H,22,23). The van der Waals surface area contributed by atoms with Gasteiger partial charge in [-0.1, -0.05) is 32.4 Å². The molecule has 1 aliphatic heterocycles. The van der Waals surface area contributed by atoms with Gasteiger partial charge in [0.05, 0.1) is 6.42 Å². The Morgan fingerprint density at radius 2 is 1.88 bits per heavy atom. The quantitative estimate of drug-likeness (QED) is 0.267. The second-order valence-electron chi connectivity index (χ2n) is 6.54. The predicted molar refractivity (Wildman–Crippen MR) is 94.8 cm³/mol. The highest BCUT2D eigenvalue weighted by Crippen LogP contribution is 2.37. The summed E-state index contributed by atoms with van der Waals surface area (Å²) in [4.78, 5) is 36.8. The molecule has 1 atom stereocenters. The number of benzene rings is 1. The van der Waals surface area contributed by atoms with Crippen LogP contribution < -0.4 is 4.74 Å². The number of hydrogen-bond donors (Lipinski definition) is 1. The fourth-order valence-electron chi connectivity index (χ4n) is 1.90. The number of carbonyl (C=O) groups excluding carboxylic acids is 2. The molecule has 1 unspecified atom stereocenters. The maximum Gasteiger partial charge on any atom is 0.357 e. The van der Waals surface area contributed by atoms with E-state index in [9.17, 15) is 23.9 Å². The number of nitrogens with zero attached hydrogens (tertiary/aromatic N) is 1. The number of hydrogen-bond acceptors (Lipinski definition) is 5. The SMILES string of the molecule is CC(C)(C)C(=O)SC(Oc1ccc(F)cc1)=C(C(=O)O)N1C(=O)CC1Cl. The van der Waals surface area contributed by atoms with Gasteiger partial charge in [-0.3, -0.25) is 14.5 Å². The number of aliphatic carboxylic acids is 1. The molecule has 0 saturated carbocycles. The molecule has 0 aliphatic carbocycles. The molecule has 1 saturated heterocycles. The Balaban J connectivity index is 2.48. The number of ether oxygens (including phenoxy) is 1. The zero-order valence-electron chi connectivity index (χ0n) is 14.3. The van der Waals surface area contributed by atoms with Crippen LogP contribution in [0.5, 0.6) is 5.75 Å². The Bertz CT molecular complexity index is 772. The van der Waals surface area contributed by atoms with Crippen LogP contribution in [0.15, 0.2) is 35.1 Å². The van der Waals surface area contributed by atoms with Crippen molar-refractivity contribution in [3.05, 3.63) is 40.9 Å². The fraction of sp³-hybridized carbons (Fsp3) is 0.353. The average molecular weight is 402 g/mol. The van der Waals surface area contributed by atoms with E-state index < -0.39 is 34.3 Å². The zero-order chi connectivity index (χ0) is 19.6. The van der Waals surface area contributed by atoms with Gasteiger partial charge in [0.25, 0.3) is 0 Å². The van der Waals surface area contributed by atoms with Gasteiger partial charge in [0, 0.05) is 5.41 Å². The molecule has 140 valence electrons. The highest BCUT2D eigenvalue weighted by molar-refractivity contribution is 8.16. The Morgan fingerprint density at radius 1 is 1.31 bits per heavy atom. The molecule has 2 rings (SSSR count). The third-order valence-corrected chi connectivity index (χ3v) is 4.96. The molecule has 1 amide bonds. The molecule has 1 aromatic rings. The van der Waals surface area contributed by atoms with Crippen LogP contribution >= 0.6 is 23.4 Å². The van der Waals surface area contributed by atoms with Crippen molar-refractivity contribution in [2.75, 3.05) is 0 Å². The molecule has 0 aromatic heterocycles. The maximum atomic E-state index is 13.1. The number of amides is 1. The van der Waals surface area contributed by atoms with E-state index in [0.29, 0.717) is 11.8 Å². The predicted octanol–water partition coefficient (Wildman–Crippen LogP) is 3.56. The number of rotatable bonds is 5. The third kappa shape index (κ3) is 4.56. The first kappa shape index (κ1) is 20.3. The van der Waals surface area contributed by atoms with E-state index in [1.54, 1.807) is 20.8 Å². The van der Waals surface area contributed by atoms with Gasteiger partial charge >= 0.3 is 5.97 Å². The van der Waals surface area contributed by atoms with E-state index in [1.165, 1.54) is 12.1 Å². The molecule has 1 aromatic carbocycles. The van der Waals surface area contributed by atoms with E-state index in [1.807, 2.05) is 0 Å². The van der Waals surface area contributed by atoms with Gasteiger partial charge in [-0.15, -0.1) is 0 Å². The maximum absolute atomic E-state index is 13.1. The first-order valence-electron chi connectivity index (χ1n) is 7.60. The lowest BCUT2D eigenvalue weighted by Crippen LogP contribution is -2.50. The Labute approximate surface area is 158 Å².